The first-order valence-corrected chi connectivity index (χ1v) is 6.82. The molecule has 0 aromatic heterocycles. The van der Waals surface area contributed by atoms with Crippen LogP contribution in [0.4, 0.5) is 8.78 Å². The third-order valence-corrected chi connectivity index (χ3v) is 3.68. The molecule has 0 aliphatic rings. The van der Waals surface area contributed by atoms with Crippen LogP contribution in [-0.4, -0.2) is 0 Å². The van der Waals surface area contributed by atoms with Gasteiger partial charge in [-0.2, -0.15) is 0 Å². The Hall–Kier alpha value is -2.26. The van der Waals surface area contributed by atoms with Crippen molar-refractivity contribution in [3.05, 3.63) is 83.4 Å². The van der Waals surface area contributed by atoms with E-state index in [9.17, 15) is 8.78 Å². The molecule has 106 valence electrons. The summed E-state index contributed by atoms with van der Waals surface area (Å²) in [6, 6.07) is 16.7. The molecule has 0 aliphatic carbocycles. The van der Waals surface area contributed by atoms with E-state index < -0.39 is 17.7 Å². The molecule has 3 aromatic rings. The highest BCUT2D eigenvalue weighted by molar-refractivity contribution is 5.85. The molecule has 3 rings (SSSR count). The van der Waals surface area contributed by atoms with E-state index in [4.69, 9.17) is 5.73 Å². The van der Waals surface area contributed by atoms with Gasteiger partial charge in [-0.3, -0.25) is 0 Å². The normalized spacial score (nSPS) is 12.5. The summed E-state index contributed by atoms with van der Waals surface area (Å²) in [6.07, 6.45) is 0.460. The van der Waals surface area contributed by atoms with Gasteiger partial charge in [-0.15, -0.1) is 0 Å². The van der Waals surface area contributed by atoms with E-state index in [0.717, 1.165) is 28.5 Å². The van der Waals surface area contributed by atoms with Gasteiger partial charge in [-0.05, 0) is 41.0 Å². The lowest BCUT2D eigenvalue weighted by Gasteiger charge is -2.15. The van der Waals surface area contributed by atoms with E-state index in [-0.39, 0.29) is 5.56 Å². The van der Waals surface area contributed by atoms with Crippen molar-refractivity contribution in [2.45, 2.75) is 12.5 Å². The van der Waals surface area contributed by atoms with Crippen LogP contribution in [0.3, 0.4) is 0 Å². The lowest BCUT2D eigenvalue weighted by atomic mass is 9.95. The predicted molar refractivity (Wildman–Crippen MR) is 80.9 cm³/mol. The molecule has 0 radical (unpaired) electrons. The zero-order valence-corrected chi connectivity index (χ0v) is 11.4. The van der Waals surface area contributed by atoms with E-state index in [1.54, 1.807) is 0 Å². The van der Waals surface area contributed by atoms with Crippen LogP contribution in [0, 0.1) is 11.6 Å². The third-order valence-electron chi connectivity index (χ3n) is 3.68. The Kier molecular flexibility index (Phi) is 3.67. The lowest BCUT2D eigenvalue weighted by molar-refractivity contribution is 0.561. The Bertz CT molecular complexity index is 778. The number of benzene rings is 3. The van der Waals surface area contributed by atoms with Gasteiger partial charge < -0.3 is 5.73 Å². The maximum Gasteiger partial charge on any atom is 0.128 e. The summed E-state index contributed by atoms with van der Waals surface area (Å²) in [5.74, 6) is -0.941. The fourth-order valence-electron chi connectivity index (χ4n) is 2.62. The zero-order valence-electron chi connectivity index (χ0n) is 11.4. The highest BCUT2D eigenvalue weighted by atomic mass is 19.1. The van der Waals surface area contributed by atoms with E-state index >= 15 is 0 Å². The third kappa shape index (κ3) is 2.78. The minimum absolute atomic E-state index is 0.211. The predicted octanol–water partition coefficient (Wildman–Crippen LogP) is 4.36. The van der Waals surface area contributed by atoms with Crippen LogP contribution in [-0.2, 0) is 6.42 Å². The average Bonchev–Trinajstić information content (AvgIpc) is 2.50. The molecular weight excluding hydrogens is 268 g/mol. The Balaban J connectivity index is 1.96. The van der Waals surface area contributed by atoms with Crippen molar-refractivity contribution in [2.24, 2.45) is 5.73 Å². The van der Waals surface area contributed by atoms with Gasteiger partial charge >= 0.3 is 0 Å². The summed E-state index contributed by atoms with van der Waals surface area (Å²) in [7, 11) is 0. The number of halogens is 2. The van der Waals surface area contributed by atoms with Crippen LogP contribution in [0.2, 0.25) is 0 Å². The summed E-state index contributed by atoms with van der Waals surface area (Å²) in [4.78, 5) is 0. The molecule has 0 saturated heterocycles. The summed E-state index contributed by atoms with van der Waals surface area (Å²) >= 11 is 0. The number of nitrogens with two attached hydrogens (primary N) is 1. The fraction of sp³-hybridized carbons (Fsp3) is 0.111. The SMILES string of the molecule is NC(Cc1cccc2ccccc12)c1cc(F)ccc1F. The molecule has 0 aliphatic heterocycles. The Morgan fingerprint density at radius 3 is 2.52 bits per heavy atom. The molecule has 0 bridgehead atoms. The van der Waals surface area contributed by atoms with E-state index in [1.807, 2.05) is 42.5 Å². The fourth-order valence-corrected chi connectivity index (χ4v) is 2.62. The summed E-state index contributed by atoms with van der Waals surface area (Å²) in [6.45, 7) is 0. The Morgan fingerprint density at radius 1 is 0.905 bits per heavy atom. The minimum Gasteiger partial charge on any atom is -0.324 e. The monoisotopic (exact) mass is 283 g/mol. The number of fused-ring (bicyclic) bond motifs is 1. The van der Waals surface area contributed by atoms with E-state index in [0.29, 0.717) is 6.42 Å². The van der Waals surface area contributed by atoms with E-state index in [1.165, 1.54) is 6.07 Å². The topological polar surface area (TPSA) is 26.0 Å². The molecule has 21 heavy (non-hydrogen) atoms. The average molecular weight is 283 g/mol. The molecule has 3 aromatic carbocycles. The maximum absolute atomic E-state index is 13.8. The van der Waals surface area contributed by atoms with E-state index in [2.05, 4.69) is 0 Å². The number of rotatable bonds is 3. The summed E-state index contributed by atoms with van der Waals surface area (Å²) in [5.41, 5.74) is 7.32. The van der Waals surface area contributed by atoms with Crippen molar-refractivity contribution in [3.63, 3.8) is 0 Å². The van der Waals surface area contributed by atoms with Gasteiger partial charge in [0.2, 0.25) is 0 Å². The molecule has 0 saturated carbocycles. The quantitative estimate of drug-likeness (QED) is 0.759. The largest absolute Gasteiger partial charge is 0.324 e. The van der Waals surface area contributed by atoms with Crippen molar-refractivity contribution >= 4 is 10.8 Å². The van der Waals surface area contributed by atoms with Crippen LogP contribution >= 0.6 is 0 Å². The van der Waals surface area contributed by atoms with Crippen LogP contribution in [0.15, 0.2) is 60.7 Å². The standard InChI is InChI=1S/C18H15F2N/c19-14-8-9-17(20)16(11-14)18(21)10-13-6-3-5-12-4-1-2-7-15(12)13/h1-9,11,18H,10,21H2. The Labute approximate surface area is 122 Å². The van der Waals surface area contributed by atoms with Crippen molar-refractivity contribution in [3.8, 4) is 0 Å². The summed E-state index contributed by atoms with van der Waals surface area (Å²) < 4.78 is 27.1. The highest BCUT2D eigenvalue weighted by Crippen LogP contribution is 2.25. The maximum atomic E-state index is 13.8. The van der Waals surface area contributed by atoms with Crippen molar-refractivity contribution in [2.75, 3.05) is 0 Å². The van der Waals surface area contributed by atoms with Crippen LogP contribution in [0.5, 0.6) is 0 Å². The van der Waals surface area contributed by atoms with Gasteiger partial charge in [-0.25, -0.2) is 8.78 Å². The molecule has 1 unspecified atom stereocenters. The first-order valence-electron chi connectivity index (χ1n) is 6.82. The smallest absolute Gasteiger partial charge is 0.128 e. The first-order chi connectivity index (χ1) is 10.1. The molecule has 0 amide bonds. The first kappa shape index (κ1) is 13.7. The molecule has 1 atom stereocenters. The molecule has 3 heteroatoms. The second-order valence-electron chi connectivity index (χ2n) is 5.11. The second-order valence-corrected chi connectivity index (χ2v) is 5.11. The van der Waals surface area contributed by atoms with Crippen LogP contribution < -0.4 is 5.73 Å². The van der Waals surface area contributed by atoms with Gasteiger partial charge in [0, 0.05) is 11.6 Å². The van der Waals surface area contributed by atoms with Crippen LogP contribution in [0.1, 0.15) is 17.2 Å². The van der Waals surface area contributed by atoms with Gasteiger partial charge in [-0.1, -0.05) is 42.5 Å². The zero-order chi connectivity index (χ0) is 14.8. The van der Waals surface area contributed by atoms with Gasteiger partial charge in [0.05, 0.1) is 0 Å². The van der Waals surface area contributed by atoms with Gasteiger partial charge in [0.15, 0.2) is 0 Å². The van der Waals surface area contributed by atoms with Gasteiger partial charge in [0.1, 0.15) is 11.6 Å². The van der Waals surface area contributed by atoms with Crippen molar-refractivity contribution < 1.29 is 8.78 Å². The molecule has 2 N–H and O–H groups in total. The highest BCUT2D eigenvalue weighted by Gasteiger charge is 2.14. The molecule has 0 fully saturated rings. The lowest BCUT2D eigenvalue weighted by Crippen LogP contribution is -2.15. The molecule has 0 heterocycles. The van der Waals surface area contributed by atoms with Crippen LogP contribution in [0.25, 0.3) is 10.8 Å². The Morgan fingerprint density at radius 2 is 1.67 bits per heavy atom. The van der Waals surface area contributed by atoms with Gasteiger partial charge in [0.25, 0.3) is 0 Å². The number of hydrogen-bond donors (Lipinski definition) is 1. The molecule has 1 nitrogen and oxygen atoms in total. The number of hydrogen-bond acceptors (Lipinski definition) is 1. The minimum atomic E-state index is -0.577. The van der Waals surface area contributed by atoms with Crippen molar-refractivity contribution in [1.82, 2.24) is 0 Å². The summed E-state index contributed by atoms with van der Waals surface area (Å²) in [5, 5.41) is 2.20. The second kappa shape index (κ2) is 5.62. The molecular formula is C18H15F2N. The van der Waals surface area contributed by atoms with Crippen molar-refractivity contribution in [1.29, 1.82) is 0 Å². The molecule has 0 spiro atoms.